The van der Waals surface area contributed by atoms with Crippen molar-refractivity contribution in [2.45, 2.75) is 39.2 Å². The van der Waals surface area contributed by atoms with Crippen LogP contribution in [0.4, 0.5) is 10.1 Å². The minimum atomic E-state index is -0.685. The van der Waals surface area contributed by atoms with Crippen molar-refractivity contribution < 1.29 is 23.5 Å². The van der Waals surface area contributed by atoms with Crippen LogP contribution in [0.5, 0.6) is 11.5 Å². The van der Waals surface area contributed by atoms with E-state index >= 15 is 0 Å². The SMILES string of the molecule is CCOc1cc2c(cc1OCC)C1C(C(=O)Nc3ccc(C)c(F)c3)c3ccccc3C(=O)N1CC2. The third-order valence-corrected chi connectivity index (χ3v) is 6.91. The fourth-order valence-electron chi connectivity index (χ4n) is 5.24. The lowest BCUT2D eigenvalue weighted by Crippen LogP contribution is -2.49. The van der Waals surface area contributed by atoms with Gasteiger partial charge in [-0.1, -0.05) is 24.3 Å². The van der Waals surface area contributed by atoms with Crippen molar-refractivity contribution in [2.75, 3.05) is 25.1 Å². The molecule has 0 spiro atoms. The molecule has 2 unspecified atom stereocenters. The molecule has 0 bridgehead atoms. The minimum Gasteiger partial charge on any atom is -0.490 e. The molecule has 2 atom stereocenters. The predicted molar refractivity (Wildman–Crippen MR) is 135 cm³/mol. The van der Waals surface area contributed by atoms with E-state index in [1.807, 2.05) is 38.1 Å². The van der Waals surface area contributed by atoms with Crippen molar-refractivity contribution in [1.29, 1.82) is 0 Å². The standard InChI is InChI=1S/C29H29FN2O4/c1-4-35-24-14-18-12-13-32-27(22(18)16-25(24)36-5-2)26(20-8-6-7-9-21(20)29(32)34)28(33)31-19-11-10-17(3)23(30)15-19/h6-11,14-16,26-27H,4-5,12-13H2,1-3H3,(H,31,33). The van der Waals surface area contributed by atoms with E-state index in [0.29, 0.717) is 60.1 Å². The normalized spacial score (nSPS) is 18.1. The number of benzene rings is 3. The summed E-state index contributed by atoms with van der Waals surface area (Å²) in [5.74, 6) is -0.223. The van der Waals surface area contributed by atoms with E-state index in [4.69, 9.17) is 9.47 Å². The Kier molecular flexibility index (Phi) is 6.39. The summed E-state index contributed by atoms with van der Waals surface area (Å²) in [4.78, 5) is 29.2. The van der Waals surface area contributed by atoms with Crippen LogP contribution in [0.1, 0.15) is 58.4 Å². The summed E-state index contributed by atoms with van der Waals surface area (Å²) in [6.07, 6.45) is 0.643. The van der Waals surface area contributed by atoms with Gasteiger partial charge in [0.25, 0.3) is 5.91 Å². The first-order chi connectivity index (χ1) is 17.4. The number of amides is 2. The molecule has 6 nitrogen and oxygen atoms in total. The maximum Gasteiger partial charge on any atom is 0.254 e. The van der Waals surface area contributed by atoms with Gasteiger partial charge in [-0.15, -0.1) is 0 Å². The fourth-order valence-corrected chi connectivity index (χ4v) is 5.24. The molecule has 0 fully saturated rings. The molecule has 0 saturated carbocycles. The van der Waals surface area contributed by atoms with E-state index in [1.54, 1.807) is 36.1 Å². The first-order valence-corrected chi connectivity index (χ1v) is 12.3. The van der Waals surface area contributed by atoms with Gasteiger partial charge in [0.1, 0.15) is 5.82 Å². The Balaban J connectivity index is 1.63. The molecule has 5 rings (SSSR count). The third-order valence-electron chi connectivity index (χ3n) is 6.91. The van der Waals surface area contributed by atoms with Gasteiger partial charge < -0.3 is 19.7 Å². The van der Waals surface area contributed by atoms with E-state index in [2.05, 4.69) is 5.32 Å². The van der Waals surface area contributed by atoms with Crippen molar-refractivity contribution in [3.05, 3.63) is 88.2 Å². The zero-order valence-corrected chi connectivity index (χ0v) is 20.6. The minimum absolute atomic E-state index is 0.0986. The molecule has 2 aliphatic heterocycles. The molecule has 0 aromatic heterocycles. The second kappa shape index (κ2) is 9.64. The molecule has 7 heteroatoms. The highest BCUT2D eigenvalue weighted by atomic mass is 19.1. The highest BCUT2D eigenvalue weighted by Gasteiger charge is 2.46. The second-order valence-electron chi connectivity index (χ2n) is 9.08. The van der Waals surface area contributed by atoms with Crippen LogP contribution in [-0.2, 0) is 11.2 Å². The zero-order chi connectivity index (χ0) is 25.4. The number of rotatable bonds is 6. The average Bonchev–Trinajstić information content (AvgIpc) is 2.87. The van der Waals surface area contributed by atoms with Crippen molar-refractivity contribution in [3.63, 3.8) is 0 Å². The van der Waals surface area contributed by atoms with Gasteiger partial charge in [0.15, 0.2) is 11.5 Å². The Bertz CT molecular complexity index is 1340. The molecule has 0 radical (unpaired) electrons. The quantitative estimate of drug-likeness (QED) is 0.504. The molecule has 0 saturated heterocycles. The highest BCUT2D eigenvalue weighted by molar-refractivity contribution is 6.04. The number of fused-ring (bicyclic) bond motifs is 4. The van der Waals surface area contributed by atoms with E-state index in [0.717, 1.165) is 11.1 Å². The lowest BCUT2D eigenvalue weighted by atomic mass is 9.75. The van der Waals surface area contributed by atoms with Crippen LogP contribution in [0.2, 0.25) is 0 Å². The van der Waals surface area contributed by atoms with E-state index in [-0.39, 0.29) is 17.6 Å². The number of aryl methyl sites for hydroxylation is 1. The number of carbonyl (C=O) groups excluding carboxylic acids is 2. The Hall–Kier alpha value is -3.87. The molecule has 1 N–H and O–H groups in total. The smallest absolute Gasteiger partial charge is 0.254 e. The molecule has 3 aromatic rings. The van der Waals surface area contributed by atoms with Crippen molar-refractivity contribution in [1.82, 2.24) is 4.90 Å². The maximum atomic E-state index is 14.2. The molecule has 2 amide bonds. The summed E-state index contributed by atoms with van der Waals surface area (Å²) >= 11 is 0. The van der Waals surface area contributed by atoms with Gasteiger partial charge >= 0.3 is 0 Å². The topological polar surface area (TPSA) is 67.9 Å². The molecular formula is C29H29FN2O4. The summed E-state index contributed by atoms with van der Waals surface area (Å²) in [6.45, 7) is 6.93. The van der Waals surface area contributed by atoms with Gasteiger partial charge in [0.05, 0.1) is 25.2 Å². The average molecular weight is 489 g/mol. The number of anilines is 1. The predicted octanol–water partition coefficient (Wildman–Crippen LogP) is 5.41. The number of halogens is 1. The molecule has 0 aliphatic carbocycles. The van der Waals surface area contributed by atoms with Crippen LogP contribution in [0.25, 0.3) is 0 Å². The summed E-state index contributed by atoms with van der Waals surface area (Å²) in [5.41, 5.74) is 3.95. The van der Waals surface area contributed by atoms with E-state index < -0.39 is 12.0 Å². The number of hydrogen-bond donors (Lipinski definition) is 1. The number of nitrogens with zero attached hydrogens (tertiary/aromatic N) is 1. The monoisotopic (exact) mass is 488 g/mol. The van der Waals surface area contributed by atoms with Crippen LogP contribution >= 0.6 is 0 Å². The molecule has 2 aliphatic rings. The van der Waals surface area contributed by atoms with Gasteiger partial charge in [0.2, 0.25) is 5.91 Å². The lowest BCUT2D eigenvalue weighted by Gasteiger charge is -2.45. The number of hydrogen-bond acceptors (Lipinski definition) is 4. The summed E-state index contributed by atoms with van der Waals surface area (Å²) in [6, 6.07) is 15.2. The van der Waals surface area contributed by atoms with Gasteiger partial charge in [0, 0.05) is 17.8 Å². The van der Waals surface area contributed by atoms with Crippen molar-refractivity contribution in [3.8, 4) is 11.5 Å². The zero-order valence-electron chi connectivity index (χ0n) is 20.6. The maximum absolute atomic E-state index is 14.2. The second-order valence-corrected chi connectivity index (χ2v) is 9.08. The Morgan fingerprint density at radius 2 is 1.75 bits per heavy atom. The largest absolute Gasteiger partial charge is 0.490 e. The molecule has 2 heterocycles. The Morgan fingerprint density at radius 3 is 2.47 bits per heavy atom. The molecular weight excluding hydrogens is 459 g/mol. The van der Waals surface area contributed by atoms with Crippen LogP contribution in [0.15, 0.2) is 54.6 Å². The molecule has 186 valence electrons. The van der Waals surface area contributed by atoms with E-state index in [1.165, 1.54) is 6.07 Å². The van der Waals surface area contributed by atoms with Crippen molar-refractivity contribution in [2.24, 2.45) is 0 Å². The lowest BCUT2D eigenvalue weighted by molar-refractivity contribution is -0.119. The number of nitrogens with one attached hydrogen (secondary N) is 1. The number of carbonyl (C=O) groups is 2. The fraction of sp³-hybridized carbons (Fsp3) is 0.310. The third kappa shape index (κ3) is 4.08. The van der Waals surface area contributed by atoms with Crippen LogP contribution in [0.3, 0.4) is 0 Å². The van der Waals surface area contributed by atoms with E-state index in [9.17, 15) is 14.0 Å². The summed E-state index contributed by atoms with van der Waals surface area (Å²) in [5, 5.41) is 2.90. The van der Waals surface area contributed by atoms with Crippen LogP contribution < -0.4 is 14.8 Å². The number of ether oxygens (including phenoxy) is 2. The Morgan fingerprint density at radius 1 is 1.03 bits per heavy atom. The molecule has 36 heavy (non-hydrogen) atoms. The van der Waals surface area contributed by atoms with Gasteiger partial charge in [-0.05, 0) is 79.8 Å². The van der Waals surface area contributed by atoms with Crippen LogP contribution in [0, 0.1) is 12.7 Å². The van der Waals surface area contributed by atoms with Crippen molar-refractivity contribution >= 4 is 17.5 Å². The van der Waals surface area contributed by atoms with Gasteiger partial charge in [-0.3, -0.25) is 9.59 Å². The highest BCUT2D eigenvalue weighted by Crippen LogP contribution is 2.48. The molecule has 3 aromatic carbocycles. The van der Waals surface area contributed by atoms with Gasteiger partial charge in [-0.25, -0.2) is 4.39 Å². The van der Waals surface area contributed by atoms with Gasteiger partial charge in [-0.2, -0.15) is 0 Å². The first-order valence-electron chi connectivity index (χ1n) is 12.3. The summed E-state index contributed by atoms with van der Waals surface area (Å²) < 4.78 is 25.9. The summed E-state index contributed by atoms with van der Waals surface area (Å²) in [7, 11) is 0. The Labute approximate surface area is 210 Å². The van der Waals surface area contributed by atoms with Crippen LogP contribution in [-0.4, -0.2) is 36.5 Å². The first kappa shape index (κ1) is 23.9.